The first kappa shape index (κ1) is 20.2. The quantitative estimate of drug-likeness (QED) is 0.481. The van der Waals surface area contributed by atoms with Crippen molar-refractivity contribution in [3.63, 3.8) is 0 Å². The molecule has 1 atom stereocenters. The lowest BCUT2D eigenvalue weighted by Crippen LogP contribution is -2.39. The van der Waals surface area contributed by atoms with Crippen LogP contribution >= 0.6 is 35.0 Å². The minimum absolute atomic E-state index is 0.259. The van der Waals surface area contributed by atoms with Gasteiger partial charge in [-0.2, -0.15) is 0 Å². The van der Waals surface area contributed by atoms with Gasteiger partial charge in [-0.25, -0.2) is 9.78 Å². The number of urea groups is 1. The molecule has 2 aromatic carbocycles. The third-order valence-corrected chi connectivity index (χ3v) is 5.32. The van der Waals surface area contributed by atoms with Crippen LogP contribution in [0.25, 0.3) is 16.6 Å². The average Bonchev–Trinajstić information content (AvgIpc) is 2.62. The highest BCUT2D eigenvalue weighted by Crippen LogP contribution is 2.26. The summed E-state index contributed by atoms with van der Waals surface area (Å²) in [5.41, 5.74) is 5.60. The predicted octanol–water partition coefficient (Wildman–Crippen LogP) is 3.37. The van der Waals surface area contributed by atoms with E-state index in [0.717, 1.165) is 11.8 Å². The van der Waals surface area contributed by atoms with Crippen molar-refractivity contribution < 1.29 is 9.59 Å². The Kier molecular flexibility index (Phi) is 5.93. The second kappa shape index (κ2) is 8.22. The van der Waals surface area contributed by atoms with Gasteiger partial charge in [-0.05, 0) is 49.4 Å². The number of amides is 3. The molecule has 0 aliphatic rings. The largest absolute Gasteiger partial charge is 0.351 e. The Morgan fingerprint density at radius 3 is 2.43 bits per heavy atom. The monoisotopic (exact) mass is 436 g/mol. The number of nitrogens with zero attached hydrogens (tertiary/aromatic N) is 2. The smallest absolute Gasteiger partial charge is 0.318 e. The highest BCUT2D eigenvalue weighted by atomic mass is 35.5. The van der Waals surface area contributed by atoms with Crippen LogP contribution in [0.15, 0.2) is 52.4 Å². The van der Waals surface area contributed by atoms with Gasteiger partial charge in [-0.3, -0.25) is 19.5 Å². The Morgan fingerprint density at radius 2 is 1.79 bits per heavy atom. The number of thioether (sulfide) groups is 1. The first-order valence-corrected chi connectivity index (χ1v) is 9.65. The van der Waals surface area contributed by atoms with E-state index in [1.807, 2.05) is 5.32 Å². The number of carbonyl (C=O) groups excluding carboxylic acids is 2. The van der Waals surface area contributed by atoms with Gasteiger partial charge in [-0.15, -0.1) is 0 Å². The molecular weight excluding hydrogens is 423 g/mol. The summed E-state index contributed by atoms with van der Waals surface area (Å²) in [4.78, 5) is 40.6. The first-order chi connectivity index (χ1) is 13.3. The minimum atomic E-state index is -0.953. The van der Waals surface area contributed by atoms with Gasteiger partial charge >= 0.3 is 6.03 Å². The van der Waals surface area contributed by atoms with Gasteiger partial charge in [0.2, 0.25) is 5.91 Å². The summed E-state index contributed by atoms with van der Waals surface area (Å²) in [6, 6.07) is 10.5. The molecule has 28 heavy (non-hydrogen) atoms. The number of carbonyl (C=O) groups is 2. The van der Waals surface area contributed by atoms with Crippen molar-refractivity contribution in [2.24, 2.45) is 5.73 Å². The van der Waals surface area contributed by atoms with Gasteiger partial charge in [0.15, 0.2) is 5.16 Å². The van der Waals surface area contributed by atoms with Crippen LogP contribution in [0.3, 0.4) is 0 Å². The molecule has 144 valence electrons. The Hall–Kier alpha value is -2.55. The number of aromatic nitrogens is 2. The zero-order chi connectivity index (χ0) is 20.4. The van der Waals surface area contributed by atoms with Gasteiger partial charge in [0, 0.05) is 10.0 Å². The van der Waals surface area contributed by atoms with Crippen molar-refractivity contribution in [2.45, 2.75) is 17.3 Å². The second-order valence-electron chi connectivity index (χ2n) is 5.79. The molecule has 3 amide bonds. The Bertz CT molecular complexity index is 1130. The molecule has 3 rings (SSSR count). The summed E-state index contributed by atoms with van der Waals surface area (Å²) in [5.74, 6) is -0.597. The number of rotatable bonds is 4. The van der Waals surface area contributed by atoms with Crippen molar-refractivity contribution in [1.82, 2.24) is 14.9 Å². The molecule has 0 saturated carbocycles. The molecule has 3 aromatic rings. The SMILES string of the molecule is CC(Sc1nc2cc(Cl)ccc2c(=O)n1-c1ccc(Cl)cc1)C(=O)NC(N)=O. The maximum atomic E-state index is 13.1. The number of hydrogen-bond donors (Lipinski definition) is 2. The summed E-state index contributed by atoms with van der Waals surface area (Å²) in [5, 5.41) is 2.85. The van der Waals surface area contributed by atoms with E-state index in [0.29, 0.717) is 26.6 Å². The van der Waals surface area contributed by atoms with E-state index in [4.69, 9.17) is 28.9 Å². The summed E-state index contributed by atoms with van der Waals surface area (Å²) >= 11 is 13.0. The van der Waals surface area contributed by atoms with Crippen molar-refractivity contribution in [1.29, 1.82) is 0 Å². The summed E-state index contributed by atoms with van der Waals surface area (Å²) in [6.07, 6.45) is 0. The normalized spacial score (nSPS) is 12.0. The molecule has 3 N–H and O–H groups in total. The summed E-state index contributed by atoms with van der Waals surface area (Å²) in [7, 11) is 0. The Labute approximate surface area is 173 Å². The molecule has 0 saturated heterocycles. The van der Waals surface area contributed by atoms with Crippen LogP contribution in [0.4, 0.5) is 4.79 Å². The van der Waals surface area contributed by atoms with Gasteiger partial charge in [0.05, 0.1) is 21.8 Å². The molecule has 0 radical (unpaired) electrons. The number of imide groups is 1. The van der Waals surface area contributed by atoms with Crippen molar-refractivity contribution in [3.05, 3.63) is 62.9 Å². The maximum absolute atomic E-state index is 13.1. The predicted molar refractivity (Wildman–Crippen MR) is 110 cm³/mol. The van der Waals surface area contributed by atoms with E-state index in [1.165, 1.54) is 4.57 Å². The van der Waals surface area contributed by atoms with E-state index in [1.54, 1.807) is 49.4 Å². The molecule has 1 unspecified atom stereocenters. The molecule has 0 fully saturated rings. The van der Waals surface area contributed by atoms with Crippen molar-refractivity contribution >= 4 is 57.8 Å². The first-order valence-electron chi connectivity index (χ1n) is 8.01. The van der Waals surface area contributed by atoms with Crippen molar-refractivity contribution in [3.8, 4) is 5.69 Å². The Morgan fingerprint density at radius 1 is 1.14 bits per heavy atom. The molecular formula is C18H14Cl2N4O3S. The lowest BCUT2D eigenvalue weighted by Gasteiger charge is -2.16. The van der Waals surface area contributed by atoms with Crippen LogP contribution in [0, 0.1) is 0 Å². The van der Waals surface area contributed by atoms with Crippen LogP contribution in [-0.4, -0.2) is 26.7 Å². The van der Waals surface area contributed by atoms with Gasteiger partial charge < -0.3 is 5.73 Å². The summed E-state index contributed by atoms with van der Waals surface area (Å²) < 4.78 is 1.38. The molecule has 1 heterocycles. The van der Waals surface area contributed by atoms with E-state index in [9.17, 15) is 14.4 Å². The molecule has 0 spiro atoms. The van der Waals surface area contributed by atoms with Crippen LogP contribution in [0.2, 0.25) is 10.0 Å². The van der Waals surface area contributed by atoms with E-state index in [-0.39, 0.29) is 10.7 Å². The van der Waals surface area contributed by atoms with E-state index >= 15 is 0 Å². The molecule has 1 aromatic heterocycles. The third kappa shape index (κ3) is 4.30. The molecule has 10 heteroatoms. The number of halogens is 2. The minimum Gasteiger partial charge on any atom is -0.351 e. The Balaban J connectivity index is 2.16. The zero-order valence-electron chi connectivity index (χ0n) is 14.5. The number of nitrogens with two attached hydrogens (primary N) is 1. The van der Waals surface area contributed by atoms with Crippen LogP contribution < -0.4 is 16.6 Å². The van der Waals surface area contributed by atoms with E-state index in [2.05, 4.69) is 4.98 Å². The summed E-state index contributed by atoms with van der Waals surface area (Å²) in [6.45, 7) is 1.57. The highest BCUT2D eigenvalue weighted by Gasteiger charge is 2.21. The lowest BCUT2D eigenvalue weighted by atomic mass is 10.2. The number of fused-ring (bicyclic) bond motifs is 1. The maximum Gasteiger partial charge on any atom is 0.318 e. The van der Waals surface area contributed by atoms with Crippen molar-refractivity contribution in [2.75, 3.05) is 0 Å². The van der Waals surface area contributed by atoms with E-state index < -0.39 is 17.2 Å². The van der Waals surface area contributed by atoms with Gasteiger partial charge in [0.1, 0.15) is 0 Å². The molecule has 0 aliphatic heterocycles. The van der Waals surface area contributed by atoms with Crippen LogP contribution in [0.5, 0.6) is 0 Å². The molecule has 7 nitrogen and oxygen atoms in total. The van der Waals surface area contributed by atoms with Crippen LogP contribution in [0.1, 0.15) is 6.92 Å². The number of hydrogen-bond acceptors (Lipinski definition) is 5. The fourth-order valence-corrected chi connectivity index (χ4v) is 3.69. The number of primary amides is 1. The number of benzene rings is 2. The fourth-order valence-electron chi connectivity index (χ4n) is 2.47. The third-order valence-electron chi connectivity index (χ3n) is 3.78. The lowest BCUT2D eigenvalue weighted by molar-refractivity contribution is -0.119. The highest BCUT2D eigenvalue weighted by molar-refractivity contribution is 8.00. The van der Waals surface area contributed by atoms with Gasteiger partial charge in [0.25, 0.3) is 5.56 Å². The topological polar surface area (TPSA) is 107 Å². The number of nitrogens with one attached hydrogen (secondary N) is 1. The molecule has 0 aliphatic carbocycles. The zero-order valence-corrected chi connectivity index (χ0v) is 16.8. The van der Waals surface area contributed by atoms with Gasteiger partial charge in [-0.1, -0.05) is 35.0 Å². The molecule has 0 bridgehead atoms. The fraction of sp³-hybridized carbons (Fsp3) is 0.111. The standard InChI is InChI=1S/C18H14Cl2N4O3S/c1-9(15(25)23-17(21)27)28-18-22-14-8-11(20)4-7-13(14)16(26)24(18)12-5-2-10(19)3-6-12/h2-9H,1H3,(H3,21,23,25,27). The second-order valence-corrected chi connectivity index (χ2v) is 7.97. The van der Waals surface area contributed by atoms with Crippen LogP contribution in [-0.2, 0) is 4.79 Å². The average molecular weight is 437 g/mol.